The lowest BCUT2D eigenvalue weighted by Crippen LogP contribution is -2.62. The van der Waals surface area contributed by atoms with E-state index in [-0.39, 0.29) is 31.6 Å². The Labute approximate surface area is 341 Å². The number of hydrogen-bond acceptors (Lipinski definition) is 11. The highest BCUT2D eigenvalue weighted by molar-refractivity contribution is 5.93. The molecule has 58 heavy (non-hydrogen) atoms. The van der Waals surface area contributed by atoms with Gasteiger partial charge in [0.1, 0.15) is 30.0 Å². The van der Waals surface area contributed by atoms with E-state index in [1.54, 1.807) is 83.2 Å². The summed E-state index contributed by atoms with van der Waals surface area (Å²) in [7, 11) is 2.83. The van der Waals surface area contributed by atoms with Gasteiger partial charge in [0.15, 0.2) is 0 Å². The quantitative estimate of drug-likeness (QED) is 0.0704. The van der Waals surface area contributed by atoms with E-state index in [1.807, 2.05) is 0 Å². The standard InChI is InChI=1S/C43H61N5O10/c1-8-9-19-32-39(52)29(5)35(50)21-11-10-12-22-36(28(4)16-13-23-37(51)47(6)57-7)58-43(56)33-20-15-24-48(46-33)42(55)34(26-30-17-14-18-31(49)25-30)44-41(54)38(27(2)3)45-40(32)53/h8-14,16-18,21,23,25,27,29,32-36,38-39,46,49-50,52H,15,19-20,22,24,26H2,1-7H3,(H,44,54)(H,45,53)/t29-,32+,33?,34-,35-,36-,38-,39+/m0/s1. The second-order valence-corrected chi connectivity index (χ2v) is 15.0. The van der Waals surface area contributed by atoms with Crippen molar-refractivity contribution >= 4 is 29.6 Å². The number of hydrazine groups is 1. The molecule has 0 saturated carbocycles. The maximum Gasteiger partial charge on any atom is 0.325 e. The molecule has 2 bridgehead atoms. The van der Waals surface area contributed by atoms with Crippen molar-refractivity contribution in [3.63, 3.8) is 0 Å². The number of allylic oxidation sites excluding steroid dienone is 6. The number of benzene rings is 1. The van der Waals surface area contributed by atoms with Gasteiger partial charge in [-0.15, -0.1) is 0 Å². The lowest BCUT2D eigenvalue weighted by atomic mass is 9.85. The van der Waals surface area contributed by atoms with Crippen LogP contribution in [0.3, 0.4) is 0 Å². The number of fused-ring (bicyclic) bond motifs is 2. The van der Waals surface area contributed by atoms with Gasteiger partial charge in [-0.1, -0.05) is 81.5 Å². The summed E-state index contributed by atoms with van der Waals surface area (Å²) in [6.07, 6.45) is 12.3. The SMILES string of the molecule is CC=CC[C@H]1C(=O)N[C@@H](C(C)C)C(=O)N[C@@H](Cc2cccc(O)c2)C(=O)N2CCCC(N2)C(=O)O[C@H](C(C)=CC=CC(=O)N(C)OC)CC=CC=C[C@H](O)[C@H](C)[C@H]1O. The van der Waals surface area contributed by atoms with Gasteiger partial charge in [-0.05, 0) is 62.3 Å². The van der Waals surface area contributed by atoms with Crippen LogP contribution in [0.5, 0.6) is 5.75 Å². The zero-order valence-electron chi connectivity index (χ0n) is 34.5. The van der Waals surface area contributed by atoms with Gasteiger partial charge in [0.2, 0.25) is 11.8 Å². The number of likely N-dealkylation sites (N-methyl/N-ethyl adjacent to an activating group) is 1. The van der Waals surface area contributed by atoms with Gasteiger partial charge in [0.05, 0.1) is 25.2 Å². The predicted octanol–water partition coefficient (Wildman–Crippen LogP) is 2.95. The molecule has 15 heteroatoms. The maximum absolute atomic E-state index is 14.3. The minimum Gasteiger partial charge on any atom is -0.508 e. The van der Waals surface area contributed by atoms with E-state index in [1.165, 1.54) is 49.5 Å². The molecule has 8 atom stereocenters. The number of phenolic OH excluding ortho intramolecular Hbond substituents is 1. The molecule has 0 radical (unpaired) electrons. The summed E-state index contributed by atoms with van der Waals surface area (Å²) < 4.78 is 6.01. The Morgan fingerprint density at radius 2 is 1.86 bits per heavy atom. The lowest BCUT2D eigenvalue weighted by molar-refractivity contribution is -0.162. The van der Waals surface area contributed by atoms with Crippen LogP contribution < -0.4 is 16.1 Å². The highest BCUT2D eigenvalue weighted by atomic mass is 16.7. The fourth-order valence-corrected chi connectivity index (χ4v) is 6.50. The summed E-state index contributed by atoms with van der Waals surface area (Å²) >= 11 is 0. The summed E-state index contributed by atoms with van der Waals surface area (Å²) in [6.45, 7) is 8.85. The molecular weight excluding hydrogens is 746 g/mol. The predicted molar refractivity (Wildman–Crippen MR) is 218 cm³/mol. The van der Waals surface area contributed by atoms with Gasteiger partial charge in [-0.2, -0.15) is 0 Å². The molecule has 1 unspecified atom stereocenters. The van der Waals surface area contributed by atoms with Gasteiger partial charge in [0, 0.05) is 38.4 Å². The fraction of sp³-hybridized carbons (Fsp3) is 0.512. The number of nitrogens with zero attached hydrogens (tertiary/aromatic N) is 2. The van der Waals surface area contributed by atoms with Crippen molar-refractivity contribution in [3.05, 3.63) is 90.1 Å². The van der Waals surface area contributed by atoms with E-state index in [9.17, 15) is 39.3 Å². The smallest absolute Gasteiger partial charge is 0.325 e. The Kier molecular flexibility index (Phi) is 19.0. The number of cyclic esters (lactones) is 1. The molecule has 0 spiro atoms. The summed E-state index contributed by atoms with van der Waals surface area (Å²) in [6, 6.07) is 3.07. The second kappa shape index (κ2) is 23.3. The topological polar surface area (TPSA) is 207 Å². The Morgan fingerprint density at radius 1 is 1.12 bits per heavy atom. The average molecular weight is 808 g/mol. The molecule has 318 valence electrons. The Morgan fingerprint density at radius 3 is 2.53 bits per heavy atom. The number of nitrogens with one attached hydrogen (secondary N) is 3. The molecule has 1 saturated heterocycles. The number of aliphatic hydroxyl groups excluding tert-OH is 2. The summed E-state index contributed by atoms with van der Waals surface area (Å²) in [5.74, 6) is -5.12. The molecule has 2 aliphatic rings. The van der Waals surface area contributed by atoms with Crippen LogP contribution in [-0.2, 0) is 40.0 Å². The largest absolute Gasteiger partial charge is 0.508 e. The number of hydroxylamine groups is 2. The zero-order chi connectivity index (χ0) is 42.9. The van der Waals surface area contributed by atoms with E-state index in [4.69, 9.17) is 9.57 Å². The fourth-order valence-electron chi connectivity index (χ4n) is 6.50. The van der Waals surface area contributed by atoms with Crippen LogP contribution >= 0.6 is 0 Å². The monoisotopic (exact) mass is 807 g/mol. The number of ether oxygens (including phenoxy) is 1. The number of carbonyl (C=O) groups is 5. The first kappa shape index (κ1) is 47.3. The Bertz CT molecular complexity index is 1720. The molecule has 1 fully saturated rings. The summed E-state index contributed by atoms with van der Waals surface area (Å²) in [4.78, 5) is 73.1. The minimum absolute atomic E-state index is 0.0226. The molecule has 1 aromatic rings. The van der Waals surface area contributed by atoms with Gasteiger partial charge in [0.25, 0.3) is 11.8 Å². The van der Waals surface area contributed by atoms with Gasteiger partial charge in [-0.25, -0.2) is 10.5 Å². The van der Waals surface area contributed by atoms with Crippen LogP contribution in [0.4, 0.5) is 0 Å². The van der Waals surface area contributed by atoms with Crippen molar-refractivity contribution in [1.29, 1.82) is 0 Å². The molecule has 2 heterocycles. The van der Waals surface area contributed by atoms with Gasteiger partial charge in [-0.3, -0.25) is 33.8 Å². The van der Waals surface area contributed by atoms with Crippen LogP contribution in [0, 0.1) is 17.8 Å². The third kappa shape index (κ3) is 14.1. The van der Waals surface area contributed by atoms with Crippen molar-refractivity contribution in [2.45, 2.75) is 103 Å². The number of carbonyl (C=O) groups excluding carboxylic acids is 5. The van der Waals surface area contributed by atoms with Crippen LogP contribution in [0.25, 0.3) is 0 Å². The van der Waals surface area contributed by atoms with Crippen LogP contribution in [-0.4, -0.2) is 112 Å². The number of rotatable bonds is 9. The van der Waals surface area contributed by atoms with Crippen molar-refractivity contribution in [1.82, 2.24) is 26.1 Å². The molecule has 1 aromatic carbocycles. The highest BCUT2D eigenvalue weighted by Crippen LogP contribution is 2.23. The number of aromatic hydroxyl groups is 1. The van der Waals surface area contributed by atoms with Crippen LogP contribution in [0.2, 0.25) is 0 Å². The number of hydrogen-bond donors (Lipinski definition) is 6. The van der Waals surface area contributed by atoms with Crippen LogP contribution in [0.1, 0.15) is 65.9 Å². The van der Waals surface area contributed by atoms with Crippen molar-refractivity contribution in [3.8, 4) is 5.75 Å². The molecule has 2 aliphatic heterocycles. The maximum atomic E-state index is 14.3. The molecule has 4 amide bonds. The van der Waals surface area contributed by atoms with E-state index in [2.05, 4.69) is 16.1 Å². The Hall–Kier alpha value is -5.09. The third-order valence-corrected chi connectivity index (χ3v) is 10.3. The van der Waals surface area contributed by atoms with Crippen molar-refractivity contribution in [2.24, 2.45) is 17.8 Å². The first-order chi connectivity index (χ1) is 27.6. The average Bonchev–Trinajstić information content (AvgIpc) is 3.20. The van der Waals surface area contributed by atoms with E-state index < -0.39 is 83.8 Å². The summed E-state index contributed by atoms with van der Waals surface area (Å²) in [5, 5.41) is 40.6. The second-order valence-electron chi connectivity index (χ2n) is 15.0. The van der Waals surface area contributed by atoms with Crippen LogP contribution in [0.15, 0.2) is 84.5 Å². The Balaban J connectivity index is 2.07. The van der Waals surface area contributed by atoms with Gasteiger partial charge >= 0.3 is 5.97 Å². The minimum atomic E-state index is -1.31. The first-order valence-electron chi connectivity index (χ1n) is 19.7. The van der Waals surface area contributed by atoms with Gasteiger partial charge < -0.3 is 30.7 Å². The van der Waals surface area contributed by atoms with Crippen molar-refractivity contribution in [2.75, 3.05) is 20.7 Å². The number of aliphatic hydroxyl groups is 2. The molecule has 3 rings (SSSR count). The van der Waals surface area contributed by atoms with Crippen molar-refractivity contribution < 1.29 is 48.9 Å². The number of amides is 4. The molecular formula is C43H61N5O10. The lowest BCUT2D eigenvalue weighted by Gasteiger charge is -2.36. The number of esters is 1. The molecule has 6 N–H and O–H groups in total. The molecule has 0 aliphatic carbocycles. The van der Waals surface area contributed by atoms with E-state index in [0.29, 0.717) is 24.0 Å². The number of phenols is 1. The van der Waals surface area contributed by atoms with E-state index in [0.717, 1.165) is 5.06 Å². The highest BCUT2D eigenvalue weighted by Gasteiger charge is 2.38. The third-order valence-electron chi connectivity index (χ3n) is 10.3. The summed E-state index contributed by atoms with van der Waals surface area (Å²) in [5.41, 5.74) is 4.16. The molecule has 0 aromatic heterocycles. The van der Waals surface area contributed by atoms with E-state index >= 15 is 0 Å². The first-order valence-corrected chi connectivity index (χ1v) is 19.7. The normalized spacial score (nSPS) is 27.6. The molecule has 15 nitrogen and oxygen atoms in total. The zero-order valence-corrected chi connectivity index (χ0v) is 34.5.